The van der Waals surface area contributed by atoms with Gasteiger partial charge in [-0.15, -0.1) is 0 Å². The van der Waals surface area contributed by atoms with Crippen LogP contribution in [0.5, 0.6) is 5.75 Å². The first-order valence-corrected chi connectivity index (χ1v) is 7.14. The van der Waals surface area contributed by atoms with E-state index in [0.29, 0.717) is 17.9 Å². The van der Waals surface area contributed by atoms with Crippen molar-refractivity contribution in [1.29, 1.82) is 0 Å². The quantitative estimate of drug-likeness (QED) is 0.889. The third kappa shape index (κ3) is 3.42. The topological polar surface area (TPSA) is 39.1 Å². The van der Waals surface area contributed by atoms with E-state index in [1.165, 1.54) is 6.07 Å². The van der Waals surface area contributed by atoms with Crippen LogP contribution in [0.15, 0.2) is 24.4 Å². The van der Waals surface area contributed by atoms with Crippen molar-refractivity contribution in [2.45, 2.75) is 32.9 Å². The highest BCUT2D eigenvalue weighted by molar-refractivity contribution is 5.37. The molecule has 5 heteroatoms. The molecular weight excluding hydrogens is 269 g/mol. The molecule has 21 heavy (non-hydrogen) atoms. The summed E-state index contributed by atoms with van der Waals surface area (Å²) in [5.74, 6) is 0.313. The Labute approximate surface area is 124 Å². The first-order valence-electron chi connectivity index (χ1n) is 7.14. The standard InChI is InChI=1S/C16H22FN3O/c1-5-14-12(10-20(3)19-14)9-18-11(2)16-13(17)7-6-8-15(16)21-4/h6-8,10-11,18H,5,9H2,1-4H3. The largest absolute Gasteiger partial charge is 0.496 e. The van der Waals surface area contributed by atoms with Gasteiger partial charge in [-0.3, -0.25) is 4.68 Å². The Hall–Kier alpha value is -1.88. The lowest BCUT2D eigenvalue weighted by molar-refractivity contribution is 0.393. The fourth-order valence-electron chi connectivity index (χ4n) is 2.51. The number of methoxy groups -OCH3 is 1. The minimum atomic E-state index is -0.253. The predicted octanol–water partition coefficient (Wildman–Crippen LogP) is 2.98. The molecule has 1 unspecified atom stereocenters. The average molecular weight is 291 g/mol. The van der Waals surface area contributed by atoms with Crippen molar-refractivity contribution in [3.8, 4) is 5.75 Å². The Morgan fingerprint density at radius 1 is 1.43 bits per heavy atom. The number of hydrogen-bond acceptors (Lipinski definition) is 3. The van der Waals surface area contributed by atoms with E-state index in [4.69, 9.17) is 4.74 Å². The molecule has 0 saturated heterocycles. The van der Waals surface area contributed by atoms with Crippen LogP contribution in [0.1, 0.15) is 36.7 Å². The third-order valence-electron chi connectivity index (χ3n) is 3.59. The van der Waals surface area contributed by atoms with E-state index in [0.717, 1.165) is 17.7 Å². The van der Waals surface area contributed by atoms with E-state index in [1.807, 2.05) is 24.9 Å². The van der Waals surface area contributed by atoms with Gasteiger partial charge in [0.1, 0.15) is 11.6 Å². The van der Waals surface area contributed by atoms with E-state index in [2.05, 4.69) is 17.3 Å². The predicted molar refractivity (Wildman–Crippen MR) is 80.8 cm³/mol. The molecule has 2 rings (SSSR count). The zero-order valence-electron chi connectivity index (χ0n) is 13.0. The lowest BCUT2D eigenvalue weighted by atomic mass is 10.1. The maximum absolute atomic E-state index is 14.0. The van der Waals surface area contributed by atoms with Crippen LogP contribution in [0.25, 0.3) is 0 Å². The van der Waals surface area contributed by atoms with E-state index in [-0.39, 0.29) is 11.9 Å². The van der Waals surface area contributed by atoms with Crippen LogP contribution < -0.4 is 10.1 Å². The summed E-state index contributed by atoms with van der Waals surface area (Å²) in [6, 6.07) is 4.74. The van der Waals surface area contributed by atoms with Crippen molar-refractivity contribution in [3.63, 3.8) is 0 Å². The van der Waals surface area contributed by atoms with Crippen LogP contribution in [-0.4, -0.2) is 16.9 Å². The summed E-state index contributed by atoms with van der Waals surface area (Å²) in [6.07, 6.45) is 2.88. The number of aryl methyl sites for hydroxylation is 2. The molecule has 1 aromatic carbocycles. The summed E-state index contributed by atoms with van der Waals surface area (Å²) >= 11 is 0. The molecule has 0 radical (unpaired) electrons. The number of hydrogen-bond donors (Lipinski definition) is 1. The van der Waals surface area contributed by atoms with Crippen LogP contribution in [0.4, 0.5) is 4.39 Å². The molecule has 4 nitrogen and oxygen atoms in total. The van der Waals surface area contributed by atoms with Gasteiger partial charge in [0.2, 0.25) is 0 Å². The number of halogens is 1. The molecule has 0 spiro atoms. The van der Waals surface area contributed by atoms with Gasteiger partial charge in [-0.2, -0.15) is 5.10 Å². The minimum absolute atomic E-state index is 0.147. The normalized spacial score (nSPS) is 12.4. The van der Waals surface area contributed by atoms with E-state index in [1.54, 1.807) is 19.2 Å². The van der Waals surface area contributed by atoms with Crippen LogP contribution in [0.3, 0.4) is 0 Å². The highest BCUT2D eigenvalue weighted by Gasteiger charge is 2.16. The SMILES string of the molecule is CCc1nn(C)cc1CNC(C)c1c(F)cccc1OC. The van der Waals surface area contributed by atoms with Crippen molar-refractivity contribution in [2.24, 2.45) is 7.05 Å². The summed E-state index contributed by atoms with van der Waals surface area (Å²) in [4.78, 5) is 0. The van der Waals surface area contributed by atoms with E-state index in [9.17, 15) is 4.39 Å². The molecule has 2 aromatic rings. The molecule has 0 aliphatic heterocycles. The van der Waals surface area contributed by atoms with Crippen LogP contribution in [0.2, 0.25) is 0 Å². The molecule has 1 atom stereocenters. The Kier molecular flexibility index (Phi) is 4.96. The van der Waals surface area contributed by atoms with Crippen molar-refractivity contribution >= 4 is 0 Å². The lowest BCUT2D eigenvalue weighted by Crippen LogP contribution is -2.20. The Bertz CT molecular complexity index is 610. The highest BCUT2D eigenvalue weighted by Crippen LogP contribution is 2.27. The minimum Gasteiger partial charge on any atom is -0.496 e. The second kappa shape index (κ2) is 6.72. The molecular formula is C16H22FN3O. The zero-order valence-corrected chi connectivity index (χ0v) is 13.0. The molecule has 1 aromatic heterocycles. The Balaban J connectivity index is 2.13. The van der Waals surface area contributed by atoms with Gasteiger partial charge < -0.3 is 10.1 Å². The molecule has 0 fully saturated rings. The molecule has 114 valence electrons. The van der Waals surface area contributed by atoms with Gasteiger partial charge in [-0.25, -0.2) is 4.39 Å². The molecule has 0 saturated carbocycles. The maximum Gasteiger partial charge on any atom is 0.131 e. The van der Waals surface area contributed by atoms with Crippen molar-refractivity contribution < 1.29 is 9.13 Å². The smallest absolute Gasteiger partial charge is 0.131 e. The maximum atomic E-state index is 14.0. The number of nitrogens with one attached hydrogen (secondary N) is 1. The molecule has 0 bridgehead atoms. The lowest BCUT2D eigenvalue weighted by Gasteiger charge is -2.18. The van der Waals surface area contributed by atoms with Gasteiger partial charge >= 0.3 is 0 Å². The monoisotopic (exact) mass is 291 g/mol. The summed E-state index contributed by atoms with van der Waals surface area (Å²) in [5.41, 5.74) is 2.77. The molecule has 0 aliphatic carbocycles. The van der Waals surface area contributed by atoms with Gasteiger partial charge in [0.25, 0.3) is 0 Å². The van der Waals surface area contributed by atoms with Crippen LogP contribution in [-0.2, 0) is 20.0 Å². The van der Waals surface area contributed by atoms with Gasteiger partial charge in [-0.05, 0) is 25.5 Å². The summed E-state index contributed by atoms with van der Waals surface area (Å²) in [6.45, 7) is 4.66. The van der Waals surface area contributed by atoms with E-state index < -0.39 is 0 Å². The molecule has 0 aliphatic rings. The first-order chi connectivity index (χ1) is 10.1. The molecule has 1 heterocycles. The van der Waals surface area contributed by atoms with E-state index >= 15 is 0 Å². The fourth-order valence-corrected chi connectivity index (χ4v) is 2.51. The first kappa shape index (κ1) is 15.5. The third-order valence-corrected chi connectivity index (χ3v) is 3.59. The number of aromatic nitrogens is 2. The van der Waals surface area contributed by atoms with Crippen molar-refractivity contribution in [2.75, 3.05) is 7.11 Å². The fraction of sp³-hybridized carbons (Fsp3) is 0.438. The Morgan fingerprint density at radius 2 is 2.19 bits per heavy atom. The second-order valence-corrected chi connectivity index (χ2v) is 5.09. The number of benzene rings is 1. The van der Waals surface area contributed by atoms with Crippen molar-refractivity contribution in [3.05, 3.63) is 47.0 Å². The van der Waals surface area contributed by atoms with Gasteiger partial charge in [-0.1, -0.05) is 13.0 Å². The average Bonchev–Trinajstić information content (AvgIpc) is 2.84. The second-order valence-electron chi connectivity index (χ2n) is 5.09. The Morgan fingerprint density at radius 3 is 2.86 bits per heavy atom. The van der Waals surface area contributed by atoms with Gasteiger partial charge in [0.05, 0.1) is 12.8 Å². The van der Waals surface area contributed by atoms with Crippen molar-refractivity contribution in [1.82, 2.24) is 15.1 Å². The molecule has 0 amide bonds. The molecule has 1 N–H and O–H groups in total. The van der Waals surface area contributed by atoms with Gasteiger partial charge in [0, 0.05) is 37.0 Å². The summed E-state index contributed by atoms with van der Waals surface area (Å²) in [5, 5.41) is 7.75. The number of rotatable bonds is 6. The number of nitrogens with zero attached hydrogens (tertiary/aromatic N) is 2. The highest BCUT2D eigenvalue weighted by atomic mass is 19.1. The number of ether oxygens (including phenoxy) is 1. The summed E-state index contributed by atoms with van der Waals surface area (Å²) in [7, 11) is 3.47. The van der Waals surface area contributed by atoms with Crippen LogP contribution >= 0.6 is 0 Å². The van der Waals surface area contributed by atoms with Gasteiger partial charge in [0.15, 0.2) is 0 Å². The summed E-state index contributed by atoms with van der Waals surface area (Å²) < 4.78 is 21.1. The van der Waals surface area contributed by atoms with Crippen LogP contribution in [0, 0.1) is 5.82 Å². The zero-order chi connectivity index (χ0) is 15.4.